The van der Waals surface area contributed by atoms with Crippen molar-refractivity contribution in [3.63, 3.8) is 0 Å². The van der Waals surface area contributed by atoms with Gasteiger partial charge in [-0.05, 0) is 30.2 Å². The number of likely N-dealkylation sites (tertiary alicyclic amines) is 1. The van der Waals surface area contributed by atoms with Gasteiger partial charge in [0, 0.05) is 49.9 Å². The SMILES string of the molecule is COC(O)N1CCC2(CN(C)c3ccc(Cl)cc32)C1. The van der Waals surface area contributed by atoms with Gasteiger partial charge in [-0.3, -0.25) is 4.90 Å². The van der Waals surface area contributed by atoms with Gasteiger partial charge in [-0.2, -0.15) is 0 Å². The van der Waals surface area contributed by atoms with Crippen LogP contribution in [0.4, 0.5) is 5.69 Å². The second kappa shape index (κ2) is 4.63. The van der Waals surface area contributed by atoms with E-state index >= 15 is 0 Å². The summed E-state index contributed by atoms with van der Waals surface area (Å²) in [5.41, 5.74) is 2.61. The van der Waals surface area contributed by atoms with Gasteiger partial charge >= 0.3 is 0 Å². The normalized spacial score (nSPS) is 28.1. The van der Waals surface area contributed by atoms with Crippen molar-refractivity contribution in [2.75, 3.05) is 38.7 Å². The van der Waals surface area contributed by atoms with Gasteiger partial charge in [0.2, 0.25) is 6.41 Å². The molecule has 1 spiro atoms. The van der Waals surface area contributed by atoms with E-state index in [0.29, 0.717) is 0 Å². The first-order valence-corrected chi connectivity index (χ1v) is 6.90. The molecule has 3 rings (SSSR count). The molecule has 0 radical (unpaired) electrons. The number of nitrogens with zero attached hydrogens (tertiary/aromatic N) is 2. The van der Waals surface area contributed by atoms with Gasteiger partial charge in [-0.25, -0.2) is 0 Å². The van der Waals surface area contributed by atoms with Gasteiger partial charge in [0.05, 0.1) is 0 Å². The number of hydrogen-bond acceptors (Lipinski definition) is 4. The van der Waals surface area contributed by atoms with Crippen LogP contribution < -0.4 is 4.90 Å². The Balaban J connectivity index is 1.94. The average Bonchev–Trinajstić information content (AvgIpc) is 2.93. The number of rotatable bonds is 2. The minimum absolute atomic E-state index is 0.0640. The molecular weight excluding hydrogens is 264 g/mol. The number of aliphatic hydroxyl groups excluding tert-OH is 1. The number of anilines is 1. The van der Waals surface area contributed by atoms with Gasteiger partial charge in [-0.15, -0.1) is 0 Å². The zero-order chi connectivity index (χ0) is 13.6. The molecule has 1 N–H and O–H groups in total. The van der Waals surface area contributed by atoms with Gasteiger partial charge in [0.1, 0.15) is 0 Å². The van der Waals surface area contributed by atoms with Crippen molar-refractivity contribution < 1.29 is 9.84 Å². The molecule has 2 aliphatic rings. The van der Waals surface area contributed by atoms with E-state index in [1.54, 1.807) is 0 Å². The molecule has 0 bridgehead atoms. The highest BCUT2D eigenvalue weighted by Gasteiger charge is 2.47. The lowest BCUT2D eigenvalue weighted by Crippen LogP contribution is -2.40. The minimum Gasteiger partial charge on any atom is -0.373 e. The van der Waals surface area contributed by atoms with E-state index in [4.69, 9.17) is 16.3 Å². The topological polar surface area (TPSA) is 35.9 Å². The lowest BCUT2D eigenvalue weighted by Gasteiger charge is -2.27. The van der Waals surface area contributed by atoms with Crippen LogP contribution in [0.5, 0.6) is 0 Å². The molecule has 1 aromatic carbocycles. The fourth-order valence-corrected chi connectivity index (χ4v) is 3.65. The van der Waals surface area contributed by atoms with Crippen molar-refractivity contribution in [2.24, 2.45) is 0 Å². The molecule has 2 atom stereocenters. The zero-order valence-corrected chi connectivity index (χ0v) is 12.0. The van der Waals surface area contributed by atoms with Crippen LogP contribution in [0.2, 0.25) is 5.02 Å². The molecule has 0 amide bonds. The highest BCUT2D eigenvalue weighted by molar-refractivity contribution is 6.30. The second-order valence-corrected chi connectivity index (χ2v) is 6.02. The molecule has 5 heteroatoms. The lowest BCUT2D eigenvalue weighted by atomic mass is 9.81. The molecule has 4 nitrogen and oxygen atoms in total. The van der Waals surface area contributed by atoms with E-state index in [1.165, 1.54) is 18.4 Å². The quantitative estimate of drug-likeness (QED) is 0.837. The van der Waals surface area contributed by atoms with Crippen LogP contribution >= 0.6 is 11.6 Å². The third-order valence-electron chi connectivity index (χ3n) is 4.39. The standard InChI is InChI=1S/C14H19ClN2O2/c1-16-8-14(5-6-17(9-14)13(18)19-2)11-7-10(15)3-4-12(11)16/h3-4,7,13,18H,5-6,8-9H2,1-2H3. The van der Waals surface area contributed by atoms with Crippen molar-refractivity contribution >= 4 is 17.3 Å². The van der Waals surface area contributed by atoms with Crippen molar-refractivity contribution in [2.45, 2.75) is 18.2 Å². The number of hydrogen-bond donors (Lipinski definition) is 1. The maximum absolute atomic E-state index is 9.83. The lowest BCUT2D eigenvalue weighted by molar-refractivity contribution is -0.170. The highest BCUT2D eigenvalue weighted by atomic mass is 35.5. The van der Waals surface area contributed by atoms with Gasteiger partial charge in [-0.1, -0.05) is 11.6 Å². The Morgan fingerprint density at radius 2 is 2.21 bits per heavy atom. The molecule has 1 saturated heterocycles. The van der Waals surface area contributed by atoms with Gasteiger partial charge in [0.25, 0.3) is 0 Å². The summed E-state index contributed by atoms with van der Waals surface area (Å²) in [6.45, 7) is 2.62. The van der Waals surface area contributed by atoms with Crippen molar-refractivity contribution in [3.05, 3.63) is 28.8 Å². The Labute approximate surface area is 118 Å². The van der Waals surface area contributed by atoms with Crippen LogP contribution in [0.3, 0.4) is 0 Å². The number of likely N-dealkylation sites (N-methyl/N-ethyl adjacent to an activating group) is 1. The molecule has 2 aliphatic heterocycles. The third kappa shape index (κ3) is 2.03. The second-order valence-electron chi connectivity index (χ2n) is 5.58. The number of methoxy groups -OCH3 is 1. The molecule has 1 fully saturated rings. The van der Waals surface area contributed by atoms with E-state index in [2.05, 4.69) is 24.1 Å². The van der Waals surface area contributed by atoms with Crippen molar-refractivity contribution in [3.8, 4) is 0 Å². The maximum atomic E-state index is 9.83. The number of fused-ring (bicyclic) bond motifs is 2. The summed E-state index contributed by atoms with van der Waals surface area (Å²) in [6.07, 6.45) is 0.207. The van der Waals surface area contributed by atoms with E-state index in [9.17, 15) is 5.11 Å². The Kier molecular flexibility index (Phi) is 3.21. The first kappa shape index (κ1) is 13.2. The average molecular weight is 283 g/mol. The van der Waals surface area contributed by atoms with Crippen molar-refractivity contribution in [1.29, 1.82) is 0 Å². The van der Waals surface area contributed by atoms with E-state index < -0.39 is 6.41 Å². The predicted octanol–water partition coefficient (Wildman–Crippen LogP) is 1.66. The molecule has 0 saturated carbocycles. The molecule has 0 aliphatic carbocycles. The molecular formula is C14H19ClN2O2. The van der Waals surface area contributed by atoms with Gasteiger partial charge in [0.15, 0.2) is 0 Å². The largest absolute Gasteiger partial charge is 0.373 e. The molecule has 0 aromatic heterocycles. The molecule has 1 aromatic rings. The van der Waals surface area contributed by atoms with Crippen LogP contribution in [0.25, 0.3) is 0 Å². The summed E-state index contributed by atoms with van der Waals surface area (Å²) in [6, 6.07) is 6.09. The first-order chi connectivity index (χ1) is 9.05. The summed E-state index contributed by atoms with van der Waals surface area (Å²) < 4.78 is 5.02. The number of benzene rings is 1. The Morgan fingerprint density at radius 1 is 1.42 bits per heavy atom. The van der Waals surface area contributed by atoms with Crippen LogP contribution in [0, 0.1) is 0 Å². The highest BCUT2D eigenvalue weighted by Crippen LogP contribution is 2.46. The van der Waals surface area contributed by atoms with Crippen LogP contribution in [-0.4, -0.2) is 50.2 Å². The third-order valence-corrected chi connectivity index (χ3v) is 4.62. The summed E-state index contributed by atoms with van der Waals surface area (Å²) in [4.78, 5) is 4.25. The maximum Gasteiger partial charge on any atom is 0.215 e. The van der Waals surface area contributed by atoms with E-state index in [1.807, 2.05) is 11.0 Å². The van der Waals surface area contributed by atoms with E-state index in [-0.39, 0.29) is 5.41 Å². The van der Waals surface area contributed by atoms with Crippen LogP contribution in [0.1, 0.15) is 12.0 Å². The Morgan fingerprint density at radius 3 is 2.95 bits per heavy atom. The van der Waals surface area contributed by atoms with E-state index in [0.717, 1.165) is 31.1 Å². The van der Waals surface area contributed by atoms with Crippen LogP contribution in [0.15, 0.2) is 18.2 Å². The van der Waals surface area contributed by atoms with Crippen molar-refractivity contribution in [1.82, 2.24) is 4.90 Å². The number of halogens is 1. The van der Waals surface area contributed by atoms with Crippen LogP contribution in [-0.2, 0) is 10.2 Å². The Bertz CT molecular complexity index is 496. The smallest absolute Gasteiger partial charge is 0.215 e. The molecule has 2 unspecified atom stereocenters. The summed E-state index contributed by atoms with van der Waals surface area (Å²) >= 11 is 6.15. The fourth-order valence-electron chi connectivity index (χ4n) is 3.48. The summed E-state index contributed by atoms with van der Waals surface area (Å²) in [5.74, 6) is 0. The van der Waals surface area contributed by atoms with Gasteiger partial charge < -0.3 is 14.7 Å². The number of ether oxygens (including phenoxy) is 1. The molecule has 104 valence electrons. The molecule has 2 heterocycles. The zero-order valence-electron chi connectivity index (χ0n) is 11.3. The summed E-state index contributed by atoms with van der Waals surface area (Å²) in [7, 11) is 3.64. The monoisotopic (exact) mass is 282 g/mol. The number of aliphatic hydroxyl groups is 1. The minimum atomic E-state index is -0.812. The molecule has 19 heavy (non-hydrogen) atoms. The predicted molar refractivity (Wildman–Crippen MR) is 75.6 cm³/mol. The Hall–Kier alpha value is -0.810. The fraction of sp³-hybridized carbons (Fsp3) is 0.571. The summed E-state index contributed by atoms with van der Waals surface area (Å²) in [5, 5.41) is 10.6. The first-order valence-electron chi connectivity index (χ1n) is 6.52.